The fraction of sp³-hybridized carbons (Fsp3) is 0.571. The molecule has 0 saturated heterocycles. The molecule has 0 amide bonds. The number of hydrogen-bond acceptors (Lipinski definition) is 2. The van der Waals surface area contributed by atoms with E-state index < -0.39 is 0 Å². The summed E-state index contributed by atoms with van der Waals surface area (Å²) in [6.45, 7) is 5.56. The monoisotopic (exact) mass is 220 g/mol. The van der Waals surface area contributed by atoms with Gasteiger partial charge >= 0.3 is 0 Å². The van der Waals surface area contributed by atoms with Gasteiger partial charge in [0, 0.05) is 39.1 Å². The van der Waals surface area contributed by atoms with Gasteiger partial charge in [0.15, 0.2) is 0 Å². The van der Waals surface area contributed by atoms with Crippen molar-refractivity contribution in [3.8, 4) is 0 Å². The molecule has 1 rings (SSSR count). The molecule has 0 N–H and O–H groups in total. The van der Waals surface area contributed by atoms with Crippen molar-refractivity contribution in [3.05, 3.63) is 23.8 Å². The van der Waals surface area contributed by atoms with Crippen LogP contribution in [0.3, 0.4) is 0 Å². The summed E-state index contributed by atoms with van der Waals surface area (Å²) in [5, 5.41) is 0. The third-order valence-corrected chi connectivity index (χ3v) is 2.93. The largest absolute Gasteiger partial charge is 0.377 e. The second-order valence-corrected chi connectivity index (χ2v) is 4.44. The van der Waals surface area contributed by atoms with Gasteiger partial charge in [-0.3, -0.25) is 0 Å². The van der Waals surface area contributed by atoms with Gasteiger partial charge in [0.2, 0.25) is 0 Å². The fourth-order valence-electron chi connectivity index (χ4n) is 2.16. The highest BCUT2D eigenvalue weighted by atomic mass is 15.1. The average molecular weight is 220 g/mol. The van der Waals surface area contributed by atoms with Crippen molar-refractivity contribution in [2.75, 3.05) is 37.5 Å². The maximum atomic E-state index is 2.35. The van der Waals surface area contributed by atoms with Gasteiger partial charge in [0.25, 0.3) is 0 Å². The maximum absolute atomic E-state index is 2.35. The summed E-state index contributed by atoms with van der Waals surface area (Å²) in [5.74, 6) is 0. The summed E-state index contributed by atoms with van der Waals surface area (Å²) < 4.78 is 0. The molecule has 1 aromatic carbocycles. The van der Waals surface area contributed by atoms with Crippen molar-refractivity contribution in [1.29, 1.82) is 0 Å². The van der Waals surface area contributed by atoms with E-state index in [1.165, 1.54) is 23.4 Å². The van der Waals surface area contributed by atoms with E-state index in [1.807, 2.05) is 0 Å². The first-order valence-electron chi connectivity index (χ1n) is 6.12. The van der Waals surface area contributed by atoms with Crippen LogP contribution >= 0.6 is 0 Å². The second kappa shape index (κ2) is 5.78. The topological polar surface area (TPSA) is 6.48 Å². The molecule has 1 aromatic rings. The molecule has 0 bridgehead atoms. The molecule has 0 radical (unpaired) electrons. The number of rotatable bonds is 5. The van der Waals surface area contributed by atoms with Gasteiger partial charge in [-0.25, -0.2) is 0 Å². The molecule has 0 aliphatic carbocycles. The average Bonchev–Trinajstić information content (AvgIpc) is 2.28. The SMILES string of the molecule is CCCN(C)c1cccc(N(C)C)c1CC. The van der Waals surface area contributed by atoms with E-state index in [0.717, 1.165) is 13.0 Å². The molecular formula is C14H24N2. The van der Waals surface area contributed by atoms with Crippen LogP contribution in [0.1, 0.15) is 25.8 Å². The molecule has 0 spiro atoms. The lowest BCUT2D eigenvalue weighted by atomic mass is 10.1. The Morgan fingerprint density at radius 2 is 1.62 bits per heavy atom. The highest BCUT2D eigenvalue weighted by molar-refractivity contribution is 5.67. The predicted molar refractivity (Wildman–Crippen MR) is 73.7 cm³/mol. The van der Waals surface area contributed by atoms with E-state index in [4.69, 9.17) is 0 Å². The lowest BCUT2D eigenvalue weighted by Gasteiger charge is -2.25. The van der Waals surface area contributed by atoms with Gasteiger partial charge in [-0.05, 0) is 30.5 Å². The Balaban J connectivity index is 3.13. The summed E-state index contributed by atoms with van der Waals surface area (Å²) >= 11 is 0. The molecule has 0 aromatic heterocycles. The van der Waals surface area contributed by atoms with Crippen molar-refractivity contribution in [3.63, 3.8) is 0 Å². The van der Waals surface area contributed by atoms with Crippen LogP contribution < -0.4 is 9.80 Å². The van der Waals surface area contributed by atoms with Crippen LogP contribution in [0.25, 0.3) is 0 Å². The van der Waals surface area contributed by atoms with Gasteiger partial charge in [-0.15, -0.1) is 0 Å². The van der Waals surface area contributed by atoms with Crippen LogP contribution in [0.2, 0.25) is 0 Å². The molecule has 0 aliphatic heterocycles. The summed E-state index contributed by atoms with van der Waals surface area (Å²) in [4.78, 5) is 4.55. The zero-order chi connectivity index (χ0) is 12.1. The van der Waals surface area contributed by atoms with E-state index in [9.17, 15) is 0 Å². The van der Waals surface area contributed by atoms with E-state index in [1.54, 1.807) is 0 Å². The Kier molecular flexibility index (Phi) is 4.66. The zero-order valence-corrected chi connectivity index (χ0v) is 11.2. The summed E-state index contributed by atoms with van der Waals surface area (Å²) in [7, 11) is 6.40. The van der Waals surface area contributed by atoms with Crippen molar-refractivity contribution in [1.82, 2.24) is 0 Å². The molecule has 2 heteroatoms. The molecule has 0 saturated carbocycles. The highest BCUT2D eigenvalue weighted by Crippen LogP contribution is 2.29. The van der Waals surface area contributed by atoms with Crippen LogP contribution in [0.15, 0.2) is 18.2 Å². The van der Waals surface area contributed by atoms with Crippen molar-refractivity contribution >= 4 is 11.4 Å². The summed E-state index contributed by atoms with van der Waals surface area (Å²) in [6, 6.07) is 6.57. The molecule has 16 heavy (non-hydrogen) atoms. The van der Waals surface area contributed by atoms with E-state index in [2.05, 4.69) is 63.0 Å². The van der Waals surface area contributed by atoms with Crippen LogP contribution in [0.4, 0.5) is 11.4 Å². The standard InChI is InChI=1S/C14H24N2/c1-6-11-16(5)14-10-8-9-13(15(3)4)12(14)7-2/h8-10H,6-7,11H2,1-5H3. The molecule has 0 heterocycles. The molecule has 2 nitrogen and oxygen atoms in total. The minimum Gasteiger partial charge on any atom is -0.377 e. The normalized spacial score (nSPS) is 10.3. The van der Waals surface area contributed by atoms with Gasteiger partial charge in [0.1, 0.15) is 0 Å². The maximum Gasteiger partial charge on any atom is 0.0416 e. The Morgan fingerprint density at radius 1 is 1.00 bits per heavy atom. The third-order valence-electron chi connectivity index (χ3n) is 2.93. The quantitative estimate of drug-likeness (QED) is 0.752. The Labute approximate surface area is 99.9 Å². The second-order valence-electron chi connectivity index (χ2n) is 4.44. The zero-order valence-electron chi connectivity index (χ0n) is 11.2. The fourth-order valence-corrected chi connectivity index (χ4v) is 2.16. The van der Waals surface area contributed by atoms with Crippen LogP contribution in [-0.4, -0.2) is 27.7 Å². The smallest absolute Gasteiger partial charge is 0.0416 e. The van der Waals surface area contributed by atoms with Crippen molar-refractivity contribution < 1.29 is 0 Å². The van der Waals surface area contributed by atoms with Crippen molar-refractivity contribution in [2.24, 2.45) is 0 Å². The number of hydrogen-bond donors (Lipinski definition) is 0. The number of nitrogens with zero attached hydrogens (tertiary/aromatic N) is 2. The molecule has 0 atom stereocenters. The van der Waals surface area contributed by atoms with E-state index in [-0.39, 0.29) is 0 Å². The minimum absolute atomic E-state index is 1.08. The van der Waals surface area contributed by atoms with Crippen LogP contribution in [-0.2, 0) is 6.42 Å². The van der Waals surface area contributed by atoms with Gasteiger partial charge in [-0.2, -0.15) is 0 Å². The Morgan fingerprint density at radius 3 is 2.12 bits per heavy atom. The van der Waals surface area contributed by atoms with Crippen molar-refractivity contribution in [2.45, 2.75) is 26.7 Å². The number of benzene rings is 1. The number of anilines is 2. The minimum atomic E-state index is 1.08. The molecule has 0 unspecified atom stereocenters. The molecule has 0 fully saturated rings. The summed E-state index contributed by atoms with van der Waals surface area (Å²) in [5.41, 5.74) is 4.15. The Hall–Kier alpha value is -1.18. The predicted octanol–water partition coefficient (Wildman–Crippen LogP) is 3.16. The molecular weight excluding hydrogens is 196 g/mol. The first kappa shape index (κ1) is 12.9. The van der Waals surface area contributed by atoms with Gasteiger partial charge in [0.05, 0.1) is 0 Å². The first-order valence-corrected chi connectivity index (χ1v) is 6.12. The third kappa shape index (κ3) is 2.69. The van der Waals surface area contributed by atoms with Gasteiger partial charge < -0.3 is 9.80 Å². The Bertz CT molecular complexity index is 332. The van der Waals surface area contributed by atoms with Crippen LogP contribution in [0.5, 0.6) is 0 Å². The van der Waals surface area contributed by atoms with Gasteiger partial charge in [-0.1, -0.05) is 19.9 Å². The summed E-state index contributed by atoms with van der Waals surface area (Å²) in [6.07, 6.45) is 2.27. The van der Waals surface area contributed by atoms with Crippen LogP contribution in [0, 0.1) is 0 Å². The first-order chi connectivity index (χ1) is 7.61. The van der Waals surface area contributed by atoms with E-state index in [0.29, 0.717) is 0 Å². The molecule has 0 aliphatic rings. The highest BCUT2D eigenvalue weighted by Gasteiger charge is 2.10. The van der Waals surface area contributed by atoms with E-state index >= 15 is 0 Å². The lowest BCUT2D eigenvalue weighted by Crippen LogP contribution is -2.21. The molecule has 90 valence electrons. The lowest BCUT2D eigenvalue weighted by molar-refractivity contribution is 0.844.